The van der Waals surface area contributed by atoms with Crippen LogP contribution in [0.1, 0.15) is 22.7 Å². The lowest BCUT2D eigenvalue weighted by Gasteiger charge is -2.21. The number of hydrogen-bond donors (Lipinski definition) is 1. The molecular formula is C26H23ClN4S2. The molecule has 1 aromatic heterocycles. The maximum atomic E-state index is 6.08. The molecular weight excluding hydrogens is 468 g/mol. The lowest BCUT2D eigenvalue weighted by molar-refractivity contribution is 0.402. The smallest absolute Gasteiger partial charge is 0.183 e. The van der Waals surface area contributed by atoms with Gasteiger partial charge in [-0.15, -0.1) is 0 Å². The molecule has 1 fully saturated rings. The van der Waals surface area contributed by atoms with Gasteiger partial charge in [0.05, 0.1) is 21.9 Å². The van der Waals surface area contributed by atoms with E-state index in [2.05, 4.69) is 70.8 Å². The molecule has 33 heavy (non-hydrogen) atoms. The van der Waals surface area contributed by atoms with E-state index in [1.54, 1.807) is 11.3 Å². The Kier molecular flexibility index (Phi) is 5.52. The summed E-state index contributed by atoms with van der Waals surface area (Å²) in [4.78, 5) is 11.9. The number of aliphatic imine (C=N–C) groups is 1. The minimum Gasteiger partial charge on any atom is -0.361 e. The summed E-state index contributed by atoms with van der Waals surface area (Å²) in [7, 11) is 2.18. The van der Waals surface area contributed by atoms with E-state index in [1.165, 1.54) is 16.7 Å². The van der Waals surface area contributed by atoms with Gasteiger partial charge in [0.1, 0.15) is 0 Å². The highest BCUT2D eigenvalue weighted by atomic mass is 35.5. The third-order valence-corrected chi connectivity index (χ3v) is 8.85. The van der Waals surface area contributed by atoms with Gasteiger partial charge in [-0.05, 0) is 59.9 Å². The number of amidine groups is 1. The van der Waals surface area contributed by atoms with E-state index in [-0.39, 0.29) is 0 Å². The normalized spacial score (nSPS) is 20.4. The van der Waals surface area contributed by atoms with Crippen LogP contribution in [0.4, 0.5) is 10.8 Å². The summed E-state index contributed by atoms with van der Waals surface area (Å²) in [6, 6.07) is 23.7. The third-order valence-electron chi connectivity index (χ3n) is 6.32. The Morgan fingerprint density at radius 3 is 2.85 bits per heavy atom. The van der Waals surface area contributed by atoms with Crippen LogP contribution in [0.5, 0.6) is 0 Å². The predicted molar refractivity (Wildman–Crippen MR) is 142 cm³/mol. The Balaban J connectivity index is 1.08. The van der Waals surface area contributed by atoms with Crippen molar-refractivity contribution < 1.29 is 0 Å². The van der Waals surface area contributed by atoms with Crippen LogP contribution in [0.25, 0.3) is 10.2 Å². The molecule has 0 radical (unpaired) electrons. The fourth-order valence-electron chi connectivity index (χ4n) is 4.68. The first-order chi connectivity index (χ1) is 16.1. The highest BCUT2D eigenvalue weighted by molar-refractivity contribution is 8.14. The molecule has 6 rings (SSSR count). The van der Waals surface area contributed by atoms with Crippen molar-refractivity contribution in [1.82, 2.24) is 9.88 Å². The van der Waals surface area contributed by atoms with E-state index in [4.69, 9.17) is 16.6 Å². The molecule has 0 saturated carbocycles. The number of fused-ring (bicyclic) bond motifs is 4. The minimum atomic E-state index is 0.439. The van der Waals surface area contributed by atoms with Crippen molar-refractivity contribution in [3.05, 3.63) is 88.4 Å². The van der Waals surface area contributed by atoms with Crippen molar-refractivity contribution in [3.8, 4) is 0 Å². The molecule has 166 valence electrons. The topological polar surface area (TPSA) is 40.5 Å². The second-order valence-electron chi connectivity index (χ2n) is 8.48. The van der Waals surface area contributed by atoms with Gasteiger partial charge in [-0.3, -0.25) is 0 Å². The Morgan fingerprint density at radius 2 is 1.97 bits per heavy atom. The standard InChI is InChI=1S/C26H23ClN4S2/c1-31-24-20-5-3-2-4-17(20)14-23(24)33-26(31)29-19-9-6-16(7-10-19)12-13-28-25-30-21-11-8-18(27)15-22(21)32-25/h2-11,15,23-24H,12-14H2,1H3,(H,28,30)/t23?,24-/m0/s1. The van der Waals surface area contributed by atoms with Crippen molar-refractivity contribution in [1.29, 1.82) is 0 Å². The summed E-state index contributed by atoms with van der Waals surface area (Å²) < 4.78 is 1.11. The number of nitrogens with zero attached hydrogens (tertiary/aromatic N) is 3. The fraction of sp³-hybridized carbons (Fsp3) is 0.231. The van der Waals surface area contributed by atoms with Crippen LogP contribution < -0.4 is 5.32 Å². The fourth-order valence-corrected chi connectivity index (χ4v) is 7.28. The van der Waals surface area contributed by atoms with Gasteiger partial charge in [0.25, 0.3) is 0 Å². The predicted octanol–water partition coefficient (Wildman–Crippen LogP) is 6.94. The summed E-state index contributed by atoms with van der Waals surface area (Å²) in [5.41, 5.74) is 6.23. The summed E-state index contributed by atoms with van der Waals surface area (Å²) >= 11 is 9.63. The molecule has 1 unspecified atom stereocenters. The zero-order valence-electron chi connectivity index (χ0n) is 18.2. The Labute approximate surface area is 206 Å². The Hall–Kier alpha value is -2.54. The molecule has 2 aliphatic rings. The van der Waals surface area contributed by atoms with Gasteiger partial charge in [-0.2, -0.15) is 0 Å². The van der Waals surface area contributed by atoms with Gasteiger partial charge in [-0.1, -0.05) is 71.1 Å². The van der Waals surface area contributed by atoms with E-state index in [0.717, 1.165) is 50.6 Å². The van der Waals surface area contributed by atoms with Crippen LogP contribution in [0.2, 0.25) is 5.02 Å². The molecule has 1 aliphatic carbocycles. The number of halogens is 1. The molecule has 0 spiro atoms. The number of rotatable bonds is 5. The number of thioether (sulfide) groups is 1. The van der Waals surface area contributed by atoms with Crippen molar-refractivity contribution in [2.75, 3.05) is 18.9 Å². The summed E-state index contributed by atoms with van der Waals surface area (Å²) in [6.07, 6.45) is 2.06. The summed E-state index contributed by atoms with van der Waals surface area (Å²) in [6.45, 7) is 0.836. The number of nitrogens with one attached hydrogen (secondary N) is 1. The second-order valence-corrected chi connectivity index (χ2v) is 11.2. The van der Waals surface area contributed by atoms with Crippen LogP contribution in [0, 0.1) is 0 Å². The quantitative estimate of drug-likeness (QED) is 0.329. The molecule has 0 amide bonds. The van der Waals surface area contributed by atoms with Crippen LogP contribution in [-0.2, 0) is 12.8 Å². The molecule has 1 aliphatic heterocycles. The van der Waals surface area contributed by atoms with Crippen LogP contribution in [0.3, 0.4) is 0 Å². The second kappa shape index (κ2) is 8.67. The average molecular weight is 491 g/mol. The third kappa shape index (κ3) is 4.12. The zero-order valence-corrected chi connectivity index (χ0v) is 20.6. The van der Waals surface area contributed by atoms with Gasteiger partial charge in [0.15, 0.2) is 10.3 Å². The molecule has 3 aromatic carbocycles. The first-order valence-electron chi connectivity index (χ1n) is 11.1. The molecule has 2 atom stereocenters. The molecule has 0 bridgehead atoms. The van der Waals surface area contributed by atoms with Crippen molar-refractivity contribution in [3.63, 3.8) is 0 Å². The molecule has 4 aromatic rings. The number of hydrogen-bond acceptors (Lipinski definition) is 5. The monoisotopic (exact) mass is 490 g/mol. The van der Waals surface area contributed by atoms with E-state index in [1.807, 2.05) is 30.0 Å². The Morgan fingerprint density at radius 1 is 1.12 bits per heavy atom. The first-order valence-corrected chi connectivity index (χ1v) is 13.2. The summed E-state index contributed by atoms with van der Waals surface area (Å²) in [5.74, 6) is 0. The zero-order chi connectivity index (χ0) is 22.4. The van der Waals surface area contributed by atoms with Crippen LogP contribution in [0.15, 0.2) is 71.7 Å². The molecule has 1 N–H and O–H groups in total. The van der Waals surface area contributed by atoms with E-state index in [0.29, 0.717) is 11.3 Å². The molecule has 2 heterocycles. The lowest BCUT2D eigenvalue weighted by atomic mass is 10.1. The van der Waals surface area contributed by atoms with Crippen LogP contribution in [-0.4, -0.2) is 33.9 Å². The van der Waals surface area contributed by atoms with E-state index >= 15 is 0 Å². The van der Waals surface area contributed by atoms with Crippen molar-refractivity contribution >= 4 is 60.9 Å². The van der Waals surface area contributed by atoms with Gasteiger partial charge >= 0.3 is 0 Å². The average Bonchev–Trinajstić information content (AvgIpc) is 3.47. The number of anilines is 1. The van der Waals surface area contributed by atoms with Crippen molar-refractivity contribution in [2.24, 2.45) is 4.99 Å². The SMILES string of the molecule is CN1C(=Nc2ccc(CCNc3nc4ccc(Cl)cc4s3)cc2)SC2Cc3ccccc3[C@@H]21. The van der Waals surface area contributed by atoms with Gasteiger partial charge in [0.2, 0.25) is 0 Å². The highest BCUT2D eigenvalue weighted by Gasteiger charge is 2.43. The minimum absolute atomic E-state index is 0.439. The number of thiazole rings is 1. The molecule has 1 saturated heterocycles. The molecule has 4 nitrogen and oxygen atoms in total. The van der Waals surface area contributed by atoms with Crippen LogP contribution >= 0.6 is 34.7 Å². The Bertz CT molecular complexity index is 1350. The molecule has 7 heteroatoms. The van der Waals surface area contributed by atoms with E-state index < -0.39 is 0 Å². The maximum Gasteiger partial charge on any atom is 0.183 e. The maximum absolute atomic E-state index is 6.08. The van der Waals surface area contributed by atoms with Gasteiger partial charge in [0, 0.05) is 23.9 Å². The van der Waals surface area contributed by atoms with Gasteiger partial charge in [-0.25, -0.2) is 9.98 Å². The lowest BCUT2D eigenvalue weighted by Crippen LogP contribution is -2.23. The number of benzene rings is 3. The van der Waals surface area contributed by atoms with Crippen molar-refractivity contribution in [2.45, 2.75) is 24.1 Å². The number of aromatic nitrogens is 1. The largest absolute Gasteiger partial charge is 0.361 e. The first kappa shape index (κ1) is 21.0. The van der Waals surface area contributed by atoms with E-state index in [9.17, 15) is 0 Å². The highest BCUT2D eigenvalue weighted by Crippen LogP contribution is 2.48. The van der Waals surface area contributed by atoms with Gasteiger partial charge < -0.3 is 10.2 Å². The summed E-state index contributed by atoms with van der Waals surface area (Å²) in [5, 5.41) is 6.80.